The number of amides is 1. The molecule has 43 heavy (non-hydrogen) atoms. The normalized spacial score (nSPS) is 11.6. The van der Waals surface area contributed by atoms with Crippen molar-refractivity contribution < 1.29 is 47.1 Å². The van der Waals surface area contributed by atoms with Gasteiger partial charge in [-0.1, -0.05) is 48.5 Å². The standard InChI is InChI=1S/C34H30FNO5S.Li/c1-42-18-17-31(34(38)39)36-33(37)29-15-9-22(19-30(29)28-8-4-6-23-5-2-3-7-27(23)28)20-40-21-26-14-16-32(41-26)24-10-12-25(35)13-11-24;/h2-16,19,31H,17-18,20-21H2,1H3,(H,36,37)(H,38,39);/q;+1/p-1/t31-;/m0./s1. The summed E-state index contributed by atoms with van der Waals surface area (Å²) in [5, 5.41) is 16.3. The van der Waals surface area contributed by atoms with Crippen molar-refractivity contribution in [2.45, 2.75) is 25.7 Å². The van der Waals surface area contributed by atoms with Gasteiger partial charge in [-0.05, 0) is 94.4 Å². The van der Waals surface area contributed by atoms with Gasteiger partial charge in [-0.2, -0.15) is 11.8 Å². The SMILES string of the molecule is CSCC[C@H](NC(=O)c1ccc(COCc2ccc(-c3ccc(F)cc3)o2)cc1-c1cccc2ccccc12)C(=O)[O-].[Li+]. The summed E-state index contributed by atoms with van der Waals surface area (Å²) >= 11 is 1.50. The molecule has 6 nitrogen and oxygen atoms in total. The van der Waals surface area contributed by atoms with E-state index < -0.39 is 17.9 Å². The number of carboxylic acids is 1. The van der Waals surface area contributed by atoms with Gasteiger partial charge in [0.05, 0.1) is 18.6 Å². The molecule has 0 bridgehead atoms. The van der Waals surface area contributed by atoms with Crippen LogP contribution in [0.2, 0.25) is 0 Å². The smallest absolute Gasteiger partial charge is 0.548 e. The number of furan rings is 1. The first-order valence-electron chi connectivity index (χ1n) is 13.5. The fraction of sp³-hybridized carbons (Fsp3) is 0.176. The Morgan fingerprint density at radius 3 is 2.47 bits per heavy atom. The number of nitrogens with one attached hydrogen (secondary N) is 1. The monoisotopic (exact) mass is 589 g/mol. The zero-order valence-corrected chi connectivity index (χ0v) is 24.8. The first-order valence-corrected chi connectivity index (χ1v) is 14.9. The summed E-state index contributed by atoms with van der Waals surface area (Å²) in [5.41, 5.74) is 3.48. The number of aliphatic carboxylic acids is 1. The minimum Gasteiger partial charge on any atom is -0.548 e. The van der Waals surface area contributed by atoms with E-state index in [-0.39, 0.29) is 44.3 Å². The Labute approximate surface area is 265 Å². The number of hydrogen-bond donors (Lipinski definition) is 1. The van der Waals surface area contributed by atoms with Crippen LogP contribution in [0.3, 0.4) is 0 Å². The molecule has 0 fully saturated rings. The van der Waals surface area contributed by atoms with Crippen LogP contribution >= 0.6 is 11.8 Å². The third kappa shape index (κ3) is 7.98. The number of benzene rings is 4. The van der Waals surface area contributed by atoms with Crippen molar-refractivity contribution >= 4 is 34.4 Å². The Bertz CT molecular complexity index is 1700. The quantitative estimate of drug-likeness (QED) is 0.225. The molecule has 0 aliphatic heterocycles. The van der Waals surface area contributed by atoms with E-state index in [1.54, 1.807) is 24.3 Å². The number of rotatable bonds is 12. The third-order valence-electron chi connectivity index (χ3n) is 6.91. The largest absolute Gasteiger partial charge is 1.00 e. The van der Waals surface area contributed by atoms with Crippen LogP contribution in [0.4, 0.5) is 4.39 Å². The van der Waals surface area contributed by atoms with E-state index in [0.717, 1.165) is 27.5 Å². The number of carbonyl (C=O) groups excluding carboxylic acids is 2. The molecule has 0 saturated heterocycles. The number of carboxylic acid groups (broad SMARTS) is 1. The van der Waals surface area contributed by atoms with Crippen LogP contribution in [0.25, 0.3) is 33.2 Å². The van der Waals surface area contributed by atoms with Crippen LogP contribution in [0.1, 0.15) is 28.1 Å². The fourth-order valence-electron chi connectivity index (χ4n) is 4.78. The van der Waals surface area contributed by atoms with E-state index in [2.05, 4.69) is 5.32 Å². The van der Waals surface area contributed by atoms with Crippen molar-refractivity contribution in [2.75, 3.05) is 12.0 Å². The third-order valence-corrected chi connectivity index (χ3v) is 7.56. The van der Waals surface area contributed by atoms with E-state index in [4.69, 9.17) is 9.15 Å². The van der Waals surface area contributed by atoms with Crippen molar-refractivity contribution in [3.8, 4) is 22.5 Å². The van der Waals surface area contributed by atoms with Crippen LogP contribution in [-0.4, -0.2) is 29.9 Å². The molecule has 0 aliphatic carbocycles. The molecule has 214 valence electrons. The molecule has 5 aromatic rings. The second-order valence-electron chi connectivity index (χ2n) is 9.80. The van der Waals surface area contributed by atoms with Crippen LogP contribution in [0.15, 0.2) is 101 Å². The first kappa shape index (κ1) is 32.1. The molecule has 1 N–H and O–H groups in total. The average Bonchev–Trinajstić information content (AvgIpc) is 3.48. The first-order chi connectivity index (χ1) is 20.4. The summed E-state index contributed by atoms with van der Waals surface area (Å²) in [6.07, 6.45) is 2.14. The fourth-order valence-corrected chi connectivity index (χ4v) is 5.25. The van der Waals surface area contributed by atoms with E-state index in [1.807, 2.05) is 66.9 Å². The molecule has 0 radical (unpaired) electrons. The van der Waals surface area contributed by atoms with Crippen molar-refractivity contribution in [3.05, 3.63) is 120 Å². The van der Waals surface area contributed by atoms with Gasteiger partial charge in [0, 0.05) is 11.1 Å². The van der Waals surface area contributed by atoms with Gasteiger partial charge in [0.25, 0.3) is 5.91 Å². The van der Waals surface area contributed by atoms with Gasteiger partial charge in [-0.15, -0.1) is 0 Å². The molecule has 1 amide bonds. The summed E-state index contributed by atoms with van der Waals surface area (Å²) < 4.78 is 25.1. The number of carbonyl (C=O) groups is 2. The zero-order valence-electron chi connectivity index (χ0n) is 24.0. The molecule has 0 spiro atoms. The van der Waals surface area contributed by atoms with Gasteiger partial charge >= 0.3 is 18.9 Å². The van der Waals surface area contributed by atoms with Crippen molar-refractivity contribution in [3.63, 3.8) is 0 Å². The maximum absolute atomic E-state index is 13.4. The number of hydrogen-bond acceptors (Lipinski definition) is 6. The summed E-state index contributed by atoms with van der Waals surface area (Å²) in [5.74, 6) is -0.284. The Hall–Kier alpha value is -3.80. The van der Waals surface area contributed by atoms with Gasteiger partial charge < -0.3 is 24.4 Å². The topological polar surface area (TPSA) is 91.6 Å². The van der Waals surface area contributed by atoms with E-state index in [1.165, 1.54) is 23.9 Å². The van der Waals surface area contributed by atoms with Crippen molar-refractivity contribution in [2.24, 2.45) is 0 Å². The van der Waals surface area contributed by atoms with Gasteiger partial charge in [-0.3, -0.25) is 4.79 Å². The molecule has 5 rings (SSSR count). The Kier molecular flexibility index (Phi) is 11.3. The molecule has 0 aliphatic rings. The minimum absolute atomic E-state index is 0. The summed E-state index contributed by atoms with van der Waals surface area (Å²) in [7, 11) is 0. The molecule has 1 atom stereocenters. The summed E-state index contributed by atoms with van der Waals surface area (Å²) in [6, 6.07) is 27.8. The Balaban J connectivity index is 0.00000423. The molecule has 0 saturated carbocycles. The number of halogens is 1. The second-order valence-corrected chi connectivity index (χ2v) is 10.8. The Morgan fingerprint density at radius 2 is 1.70 bits per heavy atom. The molecular formula is C34H29FLiNO5S. The van der Waals surface area contributed by atoms with Crippen LogP contribution in [0.5, 0.6) is 0 Å². The van der Waals surface area contributed by atoms with E-state index in [9.17, 15) is 19.1 Å². The van der Waals surface area contributed by atoms with Crippen molar-refractivity contribution in [1.29, 1.82) is 0 Å². The molecule has 1 heterocycles. The second kappa shape index (κ2) is 15.1. The van der Waals surface area contributed by atoms with E-state index >= 15 is 0 Å². The zero-order chi connectivity index (χ0) is 29.5. The predicted molar refractivity (Wildman–Crippen MR) is 161 cm³/mol. The van der Waals surface area contributed by atoms with Crippen LogP contribution < -0.4 is 29.3 Å². The molecular weight excluding hydrogens is 560 g/mol. The molecule has 4 aromatic carbocycles. The molecule has 0 unspecified atom stereocenters. The Morgan fingerprint density at radius 1 is 0.930 bits per heavy atom. The summed E-state index contributed by atoms with van der Waals surface area (Å²) in [6.45, 7) is 0.470. The number of thioether (sulfide) groups is 1. The molecule has 1 aromatic heterocycles. The maximum Gasteiger partial charge on any atom is 1.00 e. The van der Waals surface area contributed by atoms with Gasteiger partial charge in [0.2, 0.25) is 0 Å². The van der Waals surface area contributed by atoms with Crippen LogP contribution in [-0.2, 0) is 22.7 Å². The molecule has 9 heteroatoms. The predicted octanol–water partition coefficient (Wildman–Crippen LogP) is 3.23. The maximum atomic E-state index is 13.4. The summed E-state index contributed by atoms with van der Waals surface area (Å²) in [4.78, 5) is 25.1. The average molecular weight is 590 g/mol. The van der Waals surface area contributed by atoms with Crippen LogP contribution in [0, 0.1) is 5.82 Å². The van der Waals surface area contributed by atoms with Gasteiger partial charge in [-0.25, -0.2) is 4.39 Å². The van der Waals surface area contributed by atoms with Crippen molar-refractivity contribution in [1.82, 2.24) is 5.32 Å². The number of ether oxygens (including phenoxy) is 1. The number of fused-ring (bicyclic) bond motifs is 1. The minimum atomic E-state index is -1.31. The van der Waals surface area contributed by atoms with Gasteiger partial charge in [0.15, 0.2) is 0 Å². The van der Waals surface area contributed by atoms with E-state index in [0.29, 0.717) is 28.4 Å². The van der Waals surface area contributed by atoms with Gasteiger partial charge in [0.1, 0.15) is 23.9 Å².